The van der Waals surface area contributed by atoms with E-state index in [1.807, 2.05) is 6.08 Å². The van der Waals surface area contributed by atoms with Crippen molar-refractivity contribution in [2.75, 3.05) is 13.1 Å². The van der Waals surface area contributed by atoms with E-state index >= 15 is 0 Å². The van der Waals surface area contributed by atoms with Gasteiger partial charge in [-0.1, -0.05) is 19.4 Å². The van der Waals surface area contributed by atoms with E-state index in [0.29, 0.717) is 0 Å². The first-order valence-corrected chi connectivity index (χ1v) is 5.88. The Bertz CT molecular complexity index is 189. The van der Waals surface area contributed by atoms with Crippen LogP contribution < -0.4 is 5.73 Å². The average Bonchev–Trinajstić information content (AvgIpc) is 2.01. The molecule has 0 spiro atoms. The largest absolute Gasteiger partial charge is 0.324 e. The Labute approximate surface area is 95.5 Å². The lowest BCUT2D eigenvalue weighted by atomic mass is 9.94. The van der Waals surface area contributed by atoms with Gasteiger partial charge in [0.25, 0.3) is 0 Å². The van der Waals surface area contributed by atoms with Crippen LogP contribution >= 0.6 is 0 Å². The molecule has 1 unspecified atom stereocenters. The molecule has 0 radical (unpaired) electrons. The number of hydrogen-bond donors (Lipinski definition) is 1. The third kappa shape index (κ3) is 5.95. The summed E-state index contributed by atoms with van der Waals surface area (Å²) in [6.07, 6.45) is 4.16. The van der Waals surface area contributed by atoms with Crippen LogP contribution in [0.3, 0.4) is 0 Å². The van der Waals surface area contributed by atoms with Gasteiger partial charge in [0.1, 0.15) is 0 Å². The molecule has 90 valence electrons. The van der Waals surface area contributed by atoms with Crippen LogP contribution in [-0.4, -0.2) is 29.1 Å². The van der Waals surface area contributed by atoms with E-state index in [9.17, 15) is 0 Å². The quantitative estimate of drug-likeness (QED) is 0.686. The van der Waals surface area contributed by atoms with Gasteiger partial charge >= 0.3 is 0 Å². The summed E-state index contributed by atoms with van der Waals surface area (Å²) < 4.78 is 0. The molecule has 0 bridgehead atoms. The zero-order chi connectivity index (χ0) is 12.1. The molecule has 0 aromatic rings. The third-order valence-electron chi connectivity index (χ3n) is 2.67. The van der Waals surface area contributed by atoms with Crippen molar-refractivity contribution in [2.24, 2.45) is 5.73 Å². The van der Waals surface area contributed by atoms with Crippen molar-refractivity contribution in [3.05, 3.63) is 12.7 Å². The van der Waals surface area contributed by atoms with Crippen LogP contribution in [-0.2, 0) is 0 Å². The minimum atomic E-state index is -0.0922. The topological polar surface area (TPSA) is 29.3 Å². The lowest BCUT2D eigenvalue weighted by molar-refractivity contribution is 0.118. The molecule has 2 N–H and O–H groups in total. The summed E-state index contributed by atoms with van der Waals surface area (Å²) >= 11 is 0. The number of nitrogens with zero attached hydrogens (tertiary/aromatic N) is 1. The van der Waals surface area contributed by atoms with Crippen LogP contribution in [0.15, 0.2) is 12.7 Å². The molecule has 2 nitrogen and oxygen atoms in total. The van der Waals surface area contributed by atoms with Crippen LogP contribution in [0.25, 0.3) is 0 Å². The SMILES string of the molecule is C=CCN(CC(C)(N)CCC)C(C)(C)C. The Morgan fingerprint density at radius 3 is 2.13 bits per heavy atom. The van der Waals surface area contributed by atoms with Crippen LogP contribution in [0, 0.1) is 0 Å². The average molecular weight is 212 g/mol. The monoisotopic (exact) mass is 212 g/mol. The van der Waals surface area contributed by atoms with E-state index in [1.165, 1.54) is 0 Å². The third-order valence-corrected chi connectivity index (χ3v) is 2.67. The lowest BCUT2D eigenvalue weighted by Gasteiger charge is -2.40. The summed E-state index contributed by atoms with van der Waals surface area (Å²) in [6, 6.07) is 0. The zero-order valence-electron chi connectivity index (χ0n) is 11.1. The highest BCUT2D eigenvalue weighted by Gasteiger charge is 2.27. The van der Waals surface area contributed by atoms with Crippen molar-refractivity contribution in [3.63, 3.8) is 0 Å². The fourth-order valence-corrected chi connectivity index (χ4v) is 1.82. The first-order valence-electron chi connectivity index (χ1n) is 5.88. The second-order valence-electron chi connectivity index (χ2n) is 5.74. The number of hydrogen-bond acceptors (Lipinski definition) is 2. The normalized spacial score (nSPS) is 16.5. The van der Waals surface area contributed by atoms with Gasteiger partial charge in [0.15, 0.2) is 0 Å². The minimum absolute atomic E-state index is 0.0922. The summed E-state index contributed by atoms with van der Waals surface area (Å²) in [5.41, 5.74) is 6.34. The standard InChI is InChI=1S/C13H28N2/c1-7-9-13(6,14)11-15(10-8-2)12(3,4)5/h8H,2,7,9-11,14H2,1,3-6H3. The molecule has 0 rings (SSSR count). The van der Waals surface area contributed by atoms with Gasteiger partial charge in [-0.3, -0.25) is 4.90 Å². The van der Waals surface area contributed by atoms with Gasteiger partial charge in [0, 0.05) is 24.2 Å². The van der Waals surface area contributed by atoms with Gasteiger partial charge in [-0.05, 0) is 34.1 Å². The summed E-state index contributed by atoms with van der Waals surface area (Å²) in [5, 5.41) is 0. The van der Waals surface area contributed by atoms with Crippen LogP contribution in [0.5, 0.6) is 0 Å². The molecule has 0 fully saturated rings. The van der Waals surface area contributed by atoms with Crippen molar-refractivity contribution < 1.29 is 0 Å². The van der Waals surface area contributed by atoms with E-state index in [-0.39, 0.29) is 11.1 Å². The summed E-state index contributed by atoms with van der Waals surface area (Å²) in [4.78, 5) is 2.38. The Morgan fingerprint density at radius 1 is 1.27 bits per heavy atom. The number of nitrogens with two attached hydrogens (primary N) is 1. The van der Waals surface area contributed by atoms with Crippen molar-refractivity contribution >= 4 is 0 Å². The summed E-state index contributed by atoms with van der Waals surface area (Å²) in [6.45, 7) is 16.6. The zero-order valence-corrected chi connectivity index (χ0v) is 11.1. The van der Waals surface area contributed by atoms with Crippen LogP contribution in [0.2, 0.25) is 0 Å². The van der Waals surface area contributed by atoms with Crippen molar-refractivity contribution in [1.29, 1.82) is 0 Å². The lowest BCUT2D eigenvalue weighted by Crippen LogP contribution is -2.53. The Hall–Kier alpha value is -0.340. The fraction of sp³-hybridized carbons (Fsp3) is 0.846. The van der Waals surface area contributed by atoms with E-state index in [0.717, 1.165) is 25.9 Å². The Morgan fingerprint density at radius 2 is 1.80 bits per heavy atom. The fourth-order valence-electron chi connectivity index (χ4n) is 1.82. The van der Waals surface area contributed by atoms with Crippen molar-refractivity contribution in [3.8, 4) is 0 Å². The highest BCUT2D eigenvalue weighted by Crippen LogP contribution is 2.18. The van der Waals surface area contributed by atoms with Gasteiger partial charge in [0.05, 0.1) is 0 Å². The number of rotatable bonds is 6. The maximum Gasteiger partial charge on any atom is 0.0254 e. The molecule has 2 heteroatoms. The molecule has 1 atom stereocenters. The summed E-state index contributed by atoms with van der Waals surface area (Å²) in [7, 11) is 0. The predicted molar refractivity (Wildman–Crippen MR) is 69.0 cm³/mol. The van der Waals surface area contributed by atoms with Gasteiger partial charge < -0.3 is 5.73 Å². The second kappa shape index (κ2) is 5.66. The maximum absolute atomic E-state index is 6.28. The maximum atomic E-state index is 6.28. The molecule has 0 saturated heterocycles. The van der Waals surface area contributed by atoms with E-state index < -0.39 is 0 Å². The molecule has 0 aliphatic rings. The Kier molecular flexibility index (Phi) is 5.54. The highest BCUT2D eigenvalue weighted by molar-refractivity contribution is 4.90. The molecule has 0 heterocycles. The summed E-state index contributed by atoms with van der Waals surface area (Å²) in [5.74, 6) is 0. The van der Waals surface area contributed by atoms with Crippen molar-refractivity contribution in [1.82, 2.24) is 4.90 Å². The van der Waals surface area contributed by atoms with Gasteiger partial charge in [-0.15, -0.1) is 6.58 Å². The molecule has 0 aromatic heterocycles. The molecule has 0 aliphatic carbocycles. The molecule has 0 aromatic carbocycles. The van der Waals surface area contributed by atoms with E-state index in [2.05, 4.69) is 46.1 Å². The molecule has 0 saturated carbocycles. The highest BCUT2D eigenvalue weighted by atomic mass is 15.2. The van der Waals surface area contributed by atoms with E-state index in [4.69, 9.17) is 5.73 Å². The first kappa shape index (κ1) is 14.7. The molecule has 0 amide bonds. The van der Waals surface area contributed by atoms with Gasteiger partial charge in [-0.25, -0.2) is 0 Å². The second-order valence-corrected chi connectivity index (χ2v) is 5.74. The van der Waals surface area contributed by atoms with E-state index in [1.54, 1.807) is 0 Å². The van der Waals surface area contributed by atoms with Crippen molar-refractivity contribution in [2.45, 2.75) is 58.5 Å². The first-order chi connectivity index (χ1) is 6.73. The molecular formula is C13H28N2. The predicted octanol–water partition coefficient (Wildman–Crippen LogP) is 2.79. The molecule has 0 aliphatic heterocycles. The minimum Gasteiger partial charge on any atom is -0.324 e. The van der Waals surface area contributed by atoms with Gasteiger partial charge in [0.2, 0.25) is 0 Å². The van der Waals surface area contributed by atoms with Gasteiger partial charge in [-0.2, -0.15) is 0 Å². The molecule has 15 heavy (non-hydrogen) atoms. The smallest absolute Gasteiger partial charge is 0.0254 e. The van der Waals surface area contributed by atoms with Crippen LogP contribution in [0.1, 0.15) is 47.5 Å². The van der Waals surface area contributed by atoms with Crippen LogP contribution in [0.4, 0.5) is 0 Å². The molecular weight excluding hydrogens is 184 g/mol. The Balaban J connectivity index is 4.46.